The van der Waals surface area contributed by atoms with Crippen LogP contribution in [0.1, 0.15) is 304 Å². The number of unbranched alkanes of at least 4 members (excludes halogenated alkanes) is 31. The smallest absolute Gasteiger partial charge is 0.313 e. The van der Waals surface area contributed by atoms with Crippen molar-refractivity contribution < 1.29 is 47.3 Å². The highest BCUT2D eigenvalue weighted by Gasteiger charge is 2.37. The molecule has 4 unspecified atom stereocenters. The zero-order chi connectivity index (χ0) is 56.0. The van der Waals surface area contributed by atoms with Crippen LogP contribution < -0.4 is 4.74 Å². The molecular formula is C64H116N3O9S+. The maximum Gasteiger partial charge on any atom is 0.313 e. The number of carbonyl (C=O) groups excluding carboxylic acids is 4. The summed E-state index contributed by atoms with van der Waals surface area (Å²) in [6.07, 6.45) is 45.5. The quantitative estimate of drug-likeness (QED) is 0.0266. The predicted molar refractivity (Wildman–Crippen MR) is 317 cm³/mol. The Morgan fingerprint density at radius 3 is 1.35 bits per heavy atom. The van der Waals surface area contributed by atoms with E-state index in [1.165, 1.54) is 153 Å². The maximum absolute atomic E-state index is 13.3. The highest BCUT2D eigenvalue weighted by atomic mass is 32.1. The Kier molecular flexibility index (Phi) is 42.5. The molecule has 2 heterocycles. The Labute approximate surface area is 475 Å². The summed E-state index contributed by atoms with van der Waals surface area (Å²) in [4.78, 5) is 52.2. The van der Waals surface area contributed by atoms with Crippen LogP contribution in [0.4, 0.5) is 0 Å². The molecule has 0 bridgehead atoms. The van der Waals surface area contributed by atoms with E-state index in [0.717, 1.165) is 114 Å². The summed E-state index contributed by atoms with van der Waals surface area (Å²) in [6, 6.07) is 0. The summed E-state index contributed by atoms with van der Waals surface area (Å²) in [5, 5.41) is 0. The first-order valence-corrected chi connectivity index (χ1v) is 32.9. The van der Waals surface area contributed by atoms with E-state index >= 15 is 0 Å². The number of ether oxygens (including phenoxy) is 5. The van der Waals surface area contributed by atoms with Gasteiger partial charge in [-0.15, -0.1) is 4.37 Å². The Balaban J connectivity index is 1.71. The first kappa shape index (κ1) is 70.0. The third-order valence-corrected chi connectivity index (χ3v) is 16.4. The van der Waals surface area contributed by atoms with E-state index in [9.17, 15) is 19.2 Å². The molecule has 1 aromatic rings. The van der Waals surface area contributed by atoms with Gasteiger partial charge < -0.3 is 23.7 Å². The van der Waals surface area contributed by atoms with Crippen LogP contribution in [-0.4, -0.2) is 89.4 Å². The molecule has 0 amide bonds. The molecule has 77 heavy (non-hydrogen) atoms. The summed E-state index contributed by atoms with van der Waals surface area (Å²) in [6.45, 7) is 14.5. The van der Waals surface area contributed by atoms with Gasteiger partial charge in [-0.3, -0.25) is 23.7 Å². The fourth-order valence-corrected chi connectivity index (χ4v) is 10.8. The monoisotopic (exact) mass is 1100 g/mol. The standard InChI is InChI=1S/C64H116N3O9S/c1-8-11-14-17-19-21-23-25-27-29-31-36-40-47-59(68)73-52-58(53-74-60(69)48-41-37-32-30-28-26-24-22-20-18-15-12-9-2)76-64(71)55(5)45-39-35-33-34-38-44-54(4)63(70)75-56(6)67(7)49-43-46-57(51-67)61-62(66-77-65-61)72-50-42-16-13-10-3/h46,54-56,58H,8-45,47-53H2,1-7H3/q+1. The van der Waals surface area contributed by atoms with Gasteiger partial charge in [0.05, 0.1) is 43.8 Å². The average Bonchev–Trinajstić information content (AvgIpc) is 3.90. The lowest BCUT2D eigenvalue weighted by Gasteiger charge is -2.41. The molecule has 12 nitrogen and oxygen atoms in total. The van der Waals surface area contributed by atoms with E-state index in [1.54, 1.807) is 0 Å². The second-order valence-electron chi connectivity index (χ2n) is 23.3. The summed E-state index contributed by atoms with van der Waals surface area (Å²) < 4.78 is 38.9. The van der Waals surface area contributed by atoms with E-state index in [2.05, 4.69) is 42.6 Å². The molecule has 0 fully saturated rings. The van der Waals surface area contributed by atoms with Gasteiger partial charge in [-0.1, -0.05) is 246 Å². The molecule has 0 saturated heterocycles. The van der Waals surface area contributed by atoms with Crippen molar-refractivity contribution in [2.75, 3.05) is 40.0 Å². The van der Waals surface area contributed by atoms with Crippen LogP contribution >= 0.6 is 11.7 Å². The van der Waals surface area contributed by atoms with Gasteiger partial charge in [-0.05, 0) is 32.1 Å². The van der Waals surface area contributed by atoms with E-state index < -0.39 is 6.10 Å². The van der Waals surface area contributed by atoms with E-state index in [-0.39, 0.29) is 55.2 Å². The average molecular weight is 1100 g/mol. The number of hydrogen-bond acceptors (Lipinski definition) is 12. The molecule has 2 rings (SSSR count). The first-order valence-electron chi connectivity index (χ1n) is 32.1. The molecule has 13 heteroatoms. The van der Waals surface area contributed by atoms with E-state index in [0.29, 0.717) is 42.8 Å². The van der Waals surface area contributed by atoms with Crippen molar-refractivity contribution in [3.05, 3.63) is 11.8 Å². The number of nitrogens with zero attached hydrogens (tertiary/aromatic N) is 3. The zero-order valence-electron chi connectivity index (χ0n) is 50.6. The van der Waals surface area contributed by atoms with Gasteiger partial charge in [0, 0.05) is 31.8 Å². The Bertz CT molecular complexity index is 1630. The molecule has 446 valence electrons. The van der Waals surface area contributed by atoms with E-state index in [4.69, 9.17) is 23.7 Å². The number of hydrogen-bond donors (Lipinski definition) is 0. The molecule has 0 spiro atoms. The number of quaternary nitrogens is 1. The molecule has 0 saturated carbocycles. The van der Waals surface area contributed by atoms with Crippen LogP contribution in [0, 0.1) is 11.8 Å². The minimum absolute atomic E-state index is 0.121. The van der Waals surface area contributed by atoms with Crippen molar-refractivity contribution in [3.8, 4) is 5.88 Å². The SMILES string of the molecule is CCCCCCCCCCCCCCCC(=O)OCC(COC(=O)CCCCCCCCCCCCCCC)OC(=O)C(C)CCCCCCCC(C)C(=O)OC(C)[N+]1(C)CCC=C(c2nsnc2OCCCCCC)C1. The van der Waals surface area contributed by atoms with Crippen LogP contribution in [0.3, 0.4) is 0 Å². The molecule has 0 N–H and O–H groups in total. The number of likely N-dealkylation sites (N-methyl/N-ethyl adjacent to an activating group) is 1. The molecule has 1 aromatic heterocycles. The van der Waals surface area contributed by atoms with Crippen molar-refractivity contribution in [1.29, 1.82) is 0 Å². The van der Waals surface area contributed by atoms with Gasteiger partial charge in [-0.2, -0.15) is 4.37 Å². The van der Waals surface area contributed by atoms with Crippen LogP contribution in [-0.2, 0) is 38.1 Å². The fraction of sp³-hybridized carbons (Fsp3) is 0.875. The number of carbonyl (C=O) groups is 4. The number of esters is 4. The lowest BCUT2D eigenvalue weighted by atomic mass is 9.99. The van der Waals surface area contributed by atoms with Crippen molar-refractivity contribution >= 4 is 41.2 Å². The van der Waals surface area contributed by atoms with E-state index in [1.807, 2.05) is 20.8 Å². The van der Waals surface area contributed by atoms with Gasteiger partial charge in [0.15, 0.2) is 6.10 Å². The summed E-state index contributed by atoms with van der Waals surface area (Å²) in [5.74, 6) is -1.06. The topological polar surface area (TPSA) is 140 Å². The maximum atomic E-state index is 13.3. The molecule has 0 aliphatic carbocycles. The molecule has 4 atom stereocenters. The fourth-order valence-electron chi connectivity index (χ4n) is 10.3. The summed E-state index contributed by atoms with van der Waals surface area (Å²) in [7, 11) is 2.15. The normalized spacial score (nSPS) is 15.7. The van der Waals surface area contributed by atoms with Crippen LogP contribution in [0.5, 0.6) is 5.88 Å². The van der Waals surface area contributed by atoms with Crippen LogP contribution in [0.15, 0.2) is 6.08 Å². The predicted octanol–water partition coefficient (Wildman–Crippen LogP) is 17.6. The van der Waals surface area contributed by atoms with Crippen LogP contribution in [0.2, 0.25) is 0 Å². The van der Waals surface area contributed by atoms with Crippen molar-refractivity contribution in [2.24, 2.45) is 11.8 Å². The van der Waals surface area contributed by atoms with Gasteiger partial charge in [-0.25, -0.2) is 0 Å². The highest BCUT2D eigenvalue weighted by Crippen LogP contribution is 2.32. The summed E-state index contributed by atoms with van der Waals surface area (Å²) in [5.41, 5.74) is 1.92. The molecular weight excluding hydrogens is 987 g/mol. The lowest BCUT2D eigenvalue weighted by Crippen LogP contribution is -2.55. The van der Waals surface area contributed by atoms with Gasteiger partial charge in [0.2, 0.25) is 6.23 Å². The largest absolute Gasteiger partial charge is 0.475 e. The van der Waals surface area contributed by atoms with Gasteiger partial charge in [0.1, 0.15) is 25.5 Å². The zero-order valence-corrected chi connectivity index (χ0v) is 51.4. The van der Waals surface area contributed by atoms with Gasteiger partial charge >= 0.3 is 23.9 Å². The van der Waals surface area contributed by atoms with Crippen LogP contribution in [0.25, 0.3) is 5.57 Å². The molecule has 0 aromatic carbocycles. The lowest BCUT2D eigenvalue weighted by molar-refractivity contribution is -0.944. The second-order valence-corrected chi connectivity index (χ2v) is 23.8. The van der Waals surface area contributed by atoms with Gasteiger partial charge in [0.25, 0.3) is 5.88 Å². The van der Waals surface area contributed by atoms with Crippen molar-refractivity contribution in [3.63, 3.8) is 0 Å². The summed E-state index contributed by atoms with van der Waals surface area (Å²) >= 11 is 1.18. The minimum Gasteiger partial charge on any atom is -0.475 e. The Hall–Kier alpha value is -3.06. The third-order valence-electron chi connectivity index (χ3n) is 15.9. The molecule has 1 aliphatic heterocycles. The third kappa shape index (κ3) is 35.3. The molecule has 1 aliphatic rings. The number of aromatic nitrogens is 2. The highest BCUT2D eigenvalue weighted by molar-refractivity contribution is 6.99. The Morgan fingerprint density at radius 1 is 0.519 bits per heavy atom. The van der Waals surface area contributed by atoms with Crippen molar-refractivity contribution in [2.45, 2.75) is 311 Å². The Morgan fingerprint density at radius 2 is 0.909 bits per heavy atom. The molecule has 0 radical (unpaired) electrons. The minimum atomic E-state index is -0.842. The van der Waals surface area contributed by atoms with Crippen molar-refractivity contribution in [1.82, 2.24) is 8.75 Å². The number of rotatable bonds is 52. The second kappa shape index (κ2) is 46.7. The first-order chi connectivity index (χ1) is 37.4.